The highest BCUT2D eigenvalue weighted by Gasteiger charge is 2.52. The first kappa shape index (κ1) is 50.5. The van der Waals surface area contributed by atoms with E-state index in [-0.39, 0.29) is 35.9 Å². The van der Waals surface area contributed by atoms with Crippen LogP contribution in [0.1, 0.15) is 131 Å². The number of rotatable bonds is 8. The lowest BCUT2D eigenvalue weighted by Crippen LogP contribution is -2.41. The van der Waals surface area contributed by atoms with Gasteiger partial charge in [0.15, 0.2) is 0 Å². The number of methoxy groups -OCH3 is 4. The van der Waals surface area contributed by atoms with Crippen LogP contribution >= 0.6 is 22.6 Å². The number of hydrogen-bond acceptors (Lipinski definition) is 8. The Labute approximate surface area is 392 Å². The summed E-state index contributed by atoms with van der Waals surface area (Å²) in [6.45, 7) is 8.49. The molecule has 3 aliphatic rings. The minimum Gasteiger partial charge on any atom is -0.497 e. The van der Waals surface area contributed by atoms with Gasteiger partial charge in [-0.15, -0.1) is 0 Å². The standard InChI is InChI=1S/C23H25FO3.C15H12FIO3.C14H25BO2/c1-26-18-11-13-22(24)21(15-18)19-12-10-17(23(25)27-2)14-20(19)16-8-6-4-3-5-7-9-16;1-19-10-4-6-13(16)12(8-10)11-5-3-9(7-14(11)17)15(18)20-2;1-13(2)14(3,4)17-15(16-13)12-10-8-6-5-7-9-11-12/h8,10-15H,3-7,9H2,1-2H3;3-8H,1-2H3;10H,5-9,11H2,1-4H3/b16-8+;;12-10+. The van der Waals surface area contributed by atoms with Gasteiger partial charge >= 0.3 is 19.1 Å². The van der Waals surface area contributed by atoms with Crippen LogP contribution in [0.25, 0.3) is 27.8 Å². The van der Waals surface area contributed by atoms with Crippen molar-refractivity contribution in [3.05, 3.63) is 122 Å². The molecule has 1 saturated heterocycles. The van der Waals surface area contributed by atoms with E-state index in [0.29, 0.717) is 39.3 Å². The van der Waals surface area contributed by atoms with E-state index < -0.39 is 5.97 Å². The molecular formula is C52H62BF2IO8. The number of carbonyl (C=O) groups is 2. The Bertz CT molecular complexity index is 2290. The van der Waals surface area contributed by atoms with E-state index in [1.807, 2.05) is 6.07 Å². The molecule has 0 bridgehead atoms. The third kappa shape index (κ3) is 13.1. The van der Waals surface area contributed by atoms with E-state index in [1.54, 1.807) is 61.7 Å². The maximum Gasteiger partial charge on any atom is 0.490 e. The zero-order valence-electron chi connectivity index (χ0n) is 38.5. The predicted octanol–water partition coefficient (Wildman–Crippen LogP) is 13.8. The van der Waals surface area contributed by atoms with Crippen molar-refractivity contribution in [2.75, 3.05) is 28.4 Å². The maximum atomic E-state index is 14.6. The van der Waals surface area contributed by atoms with Gasteiger partial charge in [0.05, 0.1) is 50.8 Å². The quantitative estimate of drug-likeness (QED) is 0.0980. The molecule has 0 radical (unpaired) electrons. The summed E-state index contributed by atoms with van der Waals surface area (Å²) < 4.78 is 61.5. The fourth-order valence-electron chi connectivity index (χ4n) is 7.80. The van der Waals surface area contributed by atoms with Crippen molar-refractivity contribution < 1.29 is 46.6 Å². The van der Waals surface area contributed by atoms with E-state index in [0.717, 1.165) is 52.4 Å². The van der Waals surface area contributed by atoms with Crippen LogP contribution in [0.15, 0.2) is 90.4 Å². The Morgan fingerprint density at radius 3 is 1.58 bits per heavy atom. The van der Waals surface area contributed by atoms with E-state index in [1.165, 1.54) is 83.9 Å². The minimum atomic E-state index is -0.416. The third-order valence-electron chi connectivity index (χ3n) is 12.3. The van der Waals surface area contributed by atoms with Gasteiger partial charge in [-0.1, -0.05) is 56.4 Å². The second-order valence-electron chi connectivity index (χ2n) is 17.1. The number of benzene rings is 4. The second kappa shape index (κ2) is 23.6. The zero-order chi connectivity index (χ0) is 46.4. The first-order valence-electron chi connectivity index (χ1n) is 22.1. The number of carbonyl (C=O) groups excluding carboxylic acids is 2. The highest BCUT2D eigenvalue weighted by Crippen LogP contribution is 2.40. The normalized spacial score (nSPS) is 18.6. The molecule has 1 heterocycles. The number of esters is 2. The van der Waals surface area contributed by atoms with E-state index >= 15 is 0 Å². The Morgan fingerprint density at radius 2 is 1.05 bits per heavy atom. The fraction of sp³-hybridized carbons (Fsp3) is 0.423. The van der Waals surface area contributed by atoms with Crippen molar-refractivity contribution in [2.45, 2.75) is 116 Å². The van der Waals surface area contributed by atoms with E-state index in [9.17, 15) is 18.4 Å². The van der Waals surface area contributed by atoms with Crippen LogP contribution in [0.5, 0.6) is 11.5 Å². The van der Waals surface area contributed by atoms with Crippen LogP contribution in [-0.4, -0.2) is 58.7 Å². The molecule has 0 unspecified atom stereocenters. The smallest absolute Gasteiger partial charge is 0.490 e. The highest BCUT2D eigenvalue weighted by molar-refractivity contribution is 14.1. The van der Waals surface area contributed by atoms with Gasteiger partial charge in [0.2, 0.25) is 0 Å². The molecule has 0 N–H and O–H groups in total. The average molecular weight is 991 g/mol. The minimum absolute atomic E-state index is 0.113. The number of allylic oxidation sites excluding steroid dienone is 4. The van der Waals surface area contributed by atoms with Gasteiger partial charge in [-0.05, 0) is 184 Å². The Kier molecular flexibility index (Phi) is 18.6. The van der Waals surface area contributed by atoms with Gasteiger partial charge in [-0.25, -0.2) is 18.4 Å². The summed E-state index contributed by atoms with van der Waals surface area (Å²) in [5.74, 6) is -0.278. The molecule has 8 nitrogen and oxygen atoms in total. The SMILES string of the molecule is CC1(C)OB(/C2=C/CCCCCC2)OC1(C)C.COC(=O)c1ccc(-c2cc(OC)ccc2F)c(/C2=C/CCCCCC2)c1.COC(=O)c1ccc(-c2cc(OC)ccc2F)c(I)c1. The molecule has 342 valence electrons. The second-order valence-corrected chi connectivity index (χ2v) is 18.3. The lowest BCUT2D eigenvalue weighted by atomic mass is 9.74. The number of hydrogen-bond donors (Lipinski definition) is 0. The molecule has 0 atom stereocenters. The molecular weight excluding hydrogens is 928 g/mol. The summed E-state index contributed by atoms with van der Waals surface area (Å²) in [6, 6.07) is 19.6. The van der Waals surface area contributed by atoms with Crippen molar-refractivity contribution in [1.82, 2.24) is 0 Å². The molecule has 4 aromatic carbocycles. The molecule has 0 aromatic heterocycles. The summed E-state index contributed by atoms with van der Waals surface area (Å²) in [4.78, 5) is 23.5. The maximum absolute atomic E-state index is 14.6. The Morgan fingerprint density at radius 1 is 0.562 bits per heavy atom. The molecule has 0 saturated carbocycles. The van der Waals surface area contributed by atoms with Crippen molar-refractivity contribution in [3.8, 4) is 33.8 Å². The van der Waals surface area contributed by atoms with Crippen LogP contribution in [0.2, 0.25) is 0 Å². The molecule has 0 spiro atoms. The molecule has 1 aliphatic heterocycles. The first-order valence-corrected chi connectivity index (χ1v) is 23.2. The largest absolute Gasteiger partial charge is 0.497 e. The summed E-state index contributed by atoms with van der Waals surface area (Å²) in [7, 11) is 5.67. The van der Waals surface area contributed by atoms with Crippen LogP contribution in [0.4, 0.5) is 8.78 Å². The van der Waals surface area contributed by atoms with Crippen molar-refractivity contribution in [1.29, 1.82) is 0 Å². The molecule has 7 rings (SSSR count). The first-order chi connectivity index (χ1) is 30.6. The van der Waals surface area contributed by atoms with Crippen molar-refractivity contribution >= 4 is 47.2 Å². The summed E-state index contributed by atoms with van der Waals surface area (Å²) in [6.07, 6.45) is 18.8. The van der Waals surface area contributed by atoms with Crippen LogP contribution < -0.4 is 9.47 Å². The van der Waals surface area contributed by atoms with Gasteiger partial charge in [0.25, 0.3) is 0 Å². The molecule has 1 fully saturated rings. The van der Waals surface area contributed by atoms with Crippen LogP contribution in [0.3, 0.4) is 0 Å². The Balaban J connectivity index is 0.000000186. The molecule has 2 aliphatic carbocycles. The van der Waals surface area contributed by atoms with Gasteiger partial charge < -0.3 is 28.3 Å². The summed E-state index contributed by atoms with van der Waals surface area (Å²) in [5.41, 5.74) is 6.30. The molecule has 4 aromatic rings. The van der Waals surface area contributed by atoms with Crippen LogP contribution in [0, 0.1) is 15.2 Å². The topological polar surface area (TPSA) is 89.5 Å². The zero-order valence-corrected chi connectivity index (χ0v) is 40.7. The number of ether oxygens (including phenoxy) is 4. The highest BCUT2D eigenvalue weighted by atomic mass is 127. The van der Waals surface area contributed by atoms with Gasteiger partial charge in [0, 0.05) is 14.7 Å². The fourth-order valence-corrected chi connectivity index (χ4v) is 8.61. The lowest BCUT2D eigenvalue weighted by Gasteiger charge is -2.32. The number of halogens is 3. The predicted molar refractivity (Wildman–Crippen MR) is 260 cm³/mol. The summed E-state index contributed by atoms with van der Waals surface area (Å²) >= 11 is 2.06. The van der Waals surface area contributed by atoms with Gasteiger partial charge in [0.1, 0.15) is 23.1 Å². The molecule has 0 amide bonds. The van der Waals surface area contributed by atoms with E-state index in [4.69, 9.17) is 23.5 Å². The average Bonchev–Trinajstić information content (AvgIpc) is 3.48. The van der Waals surface area contributed by atoms with Gasteiger partial charge in [-0.2, -0.15) is 0 Å². The lowest BCUT2D eigenvalue weighted by molar-refractivity contribution is 0.00578. The monoisotopic (exact) mass is 990 g/mol. The van der Waals surface area contributed by atoms with Crippen LogP contribution in [-0.2, 0) is 18.8 Å². The van der Waals surface area contributed by atoms with Gasteiger partial charge in [-0.3, -0.25) is 0 Å². The van der Waals surface area contributed by atoms with Crippen molar-refractivity contribution in [2.24, 2.45) is 0 Å². The molecule has 12 heteroatoms. The Hall–Kier alpha value is -4.53. The third-order valence-corrected chi connectivity index (χ3v) is 13.2. The molecule has 64 heavy (non-hydrogen) atoms. The van der Waals surface area contributed by atoms with Crippen molar-refractivity contribution in [3.63, 3.8) is 0 Å². The van der Waals surface area contributed by atoms with E-state index in [2.05, 4.69) is 67.2 Å². The summed E-state index contributed by atoms with van der Waals surface area (Å²) in [5, 5.41) is 0.